The second-order valence-electron chi connectivity index (χ2n) is 8.29. The maximum atomic E-state index is 12.6. The van der Waals surface area contributed by atoms with E-state index in [1.54, 1.807) is 14.2 Å². The second kappa shape index (κ2) is 10.1. The zero-order valence-electron chi connectivity index (χ0n) is 17.2. The standard InChI is InChI=1S/C21H31N3O3.2ClH/c1-26-17-9-16(10-18(11-17)27-2)24-8-3-15(14-24)13-23-20(25)19-12-21(19)4-6-22-7-5-21;;/h9-11,15,19,22H,3-8,12-14H2,1-2H3,(H,23,25);2*1H. The smallest absolute Gasteiger partial charge is 0.223 e. The Kier molecular flexibility index (Phi) is 8.32. The van der Waals surface area contributed by atoms with E-state index in [2.05, 4.69) is 27.7 Å². The van der Waals surface area contributed by atoms with Gasteiger partial charge in [0, 0.05) is 49.4 Å². The predicted molar refractivity (Wildman–Crippen MR) is 120 cm³/mol. The largest absolute Gasteiger partial charge is 0.497 e. The molecule has 1 spiro atoms. The third-order valence-corrected chi connectivity index (χ3v) is 6.66. The fourth-order valence-electron chi connectivity index (χ4n) is 4.77. The highest BCUT2D eigenvalue weighted by Gasteiger charge is 2.57. The van der Waals surface area contributed by atoms with Gasteiger partial charge < -0.3 is 25.0 Å². The number of carbonyl (C=O) groups is 1. The van der Waals surface area contributed by atoms with Crippen LogP contribution >= 0.6 is 24.8 Å². The number of hydrogen-bond acceptors (Lipinski definition) is 5. The molecule has 2 atom stereocenters. The number of piperidine rings is 1. The summed E-state index contributed by atoms with van der Waals surface area (Å²) in [6, 6.07) is 5.99. The molecule has 1 amide bonds. The molecule has 4 rings (SSSR count). The highest BCUT2D eigenvalue weighted by atomic mass is 35.5. The van der Waals surface area contributed by atoms with E-state index in [0.717, 1.165) is 75.6 Å². The fraction of sp³-hybridized carbons (Fsp3) is 0.667. The third-order valence-electron chi connectivity index (χ3n) is 6.66. The molecule has 0 aromatic heterocycles. The fourth-order valence-corrected chi connectivity index (χ4v) is 4.77. The number of anilines is 1. The molecular weight excluding hydrogens is 413 g/mol. The van der Waals surface area contributed by atoms with Crippen molar-refractivity contribution in [3.05, 3.63) is 18.2 Å². The Hall–Kier alpha value is -1.37. The van der Waals surface area contributed by atoms with Gasteiger partial charge in [-0.3, -0.25) is 4.79 Å². The van der Waals surface area contributed by atoms with Gasteiger partial charge in [0.2, 0.25) is 5.91 Å². The minimum atomic E-state index is 0. The van der Waals surface area contributed by atoms with Crippen LogP contribution in [-0.4, -0.2) is 52.9 Å². The molecule has 2 N–H and O–H groups in total. The summed E-state index contributed by atoms with van der Waals surface area (Å²) in [7, 11) is 3.35. The summed E-state index contributed by atoms with van der Waals surface area (Å²) < 4.78 is 10.8. The van der Waals surface area contributed by atoms with Gasteiger partial charge in [0.1, 0.15) is 11.5 Å². The van der Waals surface area contributed by atoms with Gasteiger partial charge in [0.05, 0.1) is 14.2 Å². The lowest BCUT2D eigenvalue weighted by atomic mass is 9.91. The van der Waals surface area contributed by atoms with Gasteiger partial charge in [0.15, 0.2) is 0 Å². The Morgan fingerprint density at radius 1 is 1.17 bits per heavy atom. The Morgan fingerprint density at radius 3 is 2.45 bits per heavy atom. The van der Waals surface area contributed by atoms with Crippen molar-refractivity contribution < 1.29 is 14.3 Å². The van der Waals surface area contributed by atoms with Gasteiger partial charge in [0.25, 0.3) is 0 Å². The van der Waals surface area contributed by atoms with Crippen LogP contribution in [0.15, 0.2) is 18.2 Å². The van der Waals surface area contributed by atoms with Crippen LogP contribution in [0.4, 0.5) is 5.69 Å². The lowest BCUT2D eigenvalue weighted by molar-refractivity contribution is -0.123. The number of carbonyl (C=O) groups excluding carboxylic acids is 1. The Labute approximate surface area is 185 Å². The highest BCUT2D eigenvalue weighted by Crippen LogP contribution is 2.58. The zero-order valence-corrected chi connectivity index (χ0v) is 18.9. The highest BCUT2D eigenvalue weighted by molar-refractivity contribution is 5.85. The molecule has 1 saturated carbocycles. The molecule has 2 aliphatic heterocycles. The van der Waals surface area contributed by atoms with Crippen molar-refractivity contribution in [1.29, 1.82) is 0 Å². The van der Waals surface area contributed by atoms with Gasteiger partial charge in [-0.05, 0) is 50.1 Å². The van der Waals surface area contributed by atoms with Crippen LogP contribution in [0.25, 0.3) is 0 Å². The molecule has 1 aromatic rings. The first-order valence-corrected chi connectivity index (χ1v) is 10.1. The van der Waals surface area contributed by atoms with Crippen LogP contribution in [0.2, 0.25) is 0 Å². The number of hydrogen-bond donors (Lipinski definition) is 2. The van der Waals surface area contributed by atoms with E-state index in [9.17, 15) is 4.79 Å². The van der Waals surface area contributed by atoms with Crippen LogP contribution < -0.4 is 25.0 Å². The van der Waals surface area contributed by atoms with Crippen LogP contribution in [0.5, 0.6) is 11.5 Å². The molecule has 1 aliphatic carbocycles. The molecule has 8 heteroatoms. The van der Waals surface area contributed by atoms with Gasteiger partial charge in [-0.2, -0.15) is 0 Å². The number of benzene rings is 1. The molecule has 0 bridgehead atoms. The van der Waals surface area contributed by atoms with Crippen molar-refractivity contribution in [1.82, 2.24) is 10.6 Å². The monoisotopic (exact) mass is 445 g/mol. The minimum absolute atomic E-state index is 0. The van der Waals surface area contributed by atoms with E-state index < -0.39 is 0 Å². The van der Waals surface area contributed by atoms with Crippen molar-refractivity contribution in [3.8, 4) is 11.5 Å². The summed E-state index contributed by atoms with van der Waals surface area (Å²) in [5, 5.41) is 6.64. The zero-order chi connectivity index (χ0) is 18.9. The number of halogens is 2. The Bertz CT molecular complexity index is 675. The Morgan fingerprint density at radius 2 is 1.83 bits per heavy atom. The number of methoxy groups -OCH3 is 2. The van der Waals surface area contributed by atoms with Crippen LogP contribution in [0.3, 0.4) is 0 Å². The van der Waals surface area contributed by atoms with Gasteiger partial charge in [-0.25, -0.2) is 0 Å². The molecule has 6 nitrogen and oxygen atoms in total. The van der Waals surface area contributed by atoms with Crippen LogP contribution in [0, 0.1) is 17.3 Å². The topological polar surface area (TPSA) is 62.8 Å². The van der Waals surface area contributed by atoms with E-state index in [1.807, 2.05) is 6.07 Å². The van der Waals surface area contributed by atoms with Crippen molar-refractivity contribution in [2.24, 2.45) is 17.3 Å². The van der Waals surface area contributed by atoms with Crippen molar-refractivity contribution in [2.45, 2.75) is 25.7 Å². The summed E-state index contributed by atoms with van der Waals surface area (Å²) >= 11 is 0. The molecule has 164 valence electrons. The number of nitrogens with zero attached hydrogens (tertiary/aromatic N) is 1. The van der Waals surface area contributed by atoms with Crippen molar-refractivity contribution in [3.63, 3.8) is 0 Å². The average molecular weight is 446 g/mol. The molecule has 0 radical (unpaired) electrons. The summed E-state index contributed by atoms with van der Waals surface area (Å²) in [5.41, 5.74) is 1.43. The number of amides is 1. The predicted octanol–water partition coefficient (Wildman–Crippen LogP) is 2.88. The van der Waals surface area contributed by atoms with E-state index in [-0.39, 0.29) is 36.6 Å². The molecule has 2 unspecified atom stereocenters. The third kappa shape index (κ3) is 5.22. The van der Waals surface area contributed by atoms with Crippen LogP contribution in [0.1, 0.15) is 25.7 Å². The van der Waals surface area contributed by atoms with E-state index in [0.29, 0.717) is 11.3 Å². The molecule has 3 fully saturated rings. The normalized spacial score (nSPS) is 24.3. The molecule has 29 heavy (non-hydrogen) atoms. The minimum Gasteiger partial charge on any atom is -0.497 e. The van der Waals surface area contributed by atoms with Crippen LogP contribution in [-0.2, 0) is 4.79 Å². The second-order valence-corrected chi connectivity index (χ2v) is 8.29. The lowest BCUT2D eigenvalue weighted by Gasteiger charge is -2.23. The first-order valence-electron chi connectivity index (χ1n) is 10.1. The molecule has 1 aromatic carbocycles. The lowest BCUT2D eigenvalue weighted by Crippen LogP contribution is -2.36. The molecule has 2 heterocycles. The number of ether oxygens (including phenoxy) is 2. The first kappa shape index (κ1) is 23.9. The molecule has 2 saturated heterocycles. The number of nitrogens with one attached hydrogen (secondary N) is 2. The number of rotatable bonds is 6. The van der Waals surface area contributed by atoms with Gasteiger partial charge >= 0.3 is 0 Å². The van der Waals surface area contributed by atoms with E-state index in [1.165, 1.54) is 0 Å². The van der Waals surface area contributed by atoms with Gasteiger partial charge in [-0.1, -0.05) is 0 Å². The summed E-state index contributed by atoms with van der Waals surface area (Å²) in [6.07, 6.45) is 4.49. The average Bonchev–Trinajstić information content (AvgIpc) is 3.18. The van der Waals surface area contributed by atoms with Crippen molar-refractivity contribution in [2.75, 3.05) is 51.8 Å². The maximum absolute atomic E-state index is 12.6. The van der Waals surface area contributed by atoms with E-state index in [4.69, 9.17) is 9.47 Å². The maximum Gasteiger partial charge on any atom is 0.223 e. The molecule has 3 aliphatic rings. The van der Waals surface area contributed by atoms with Gasteiger partial charge in [-0.15, -0.1) is 24.8 Å². The Balaban J connectivity index is 0.00000150. The summed E-state index contributed by atoms with van der Waals surface area (Å²) in [5.74, 6) is 2.64. The quantitative estimate of drug-likeness (QED) is 0.704. The first-order chi connectivity index (χ1) is 13.1. The van der Waals surface area contributed by atoms with Crippen molar-refractivity contribution >= 4 is 36.4 Å². The SMILES string of the molecule is COc1cc(OC)cc(N2CCC(CNC(=O)C3CC34CCNCC4)C2)c1.Cl.Cl. The summed E-state index contributed by atoms with van der Waals surface area (Å²) in [6.45, 7) is 4.85. The van der Waals surface area contributed by atoms with E-state index >= 15 is 0 Å². The molecular formula is C21H33Cl2N3O3. The summed E-state index contributed by atoms with van der Waals surface area (Å²) in [4.78, 5) is 14.9.